The Bertz CT molecular complexity index is 480. The van der Waals surface area contributed by atoms with Crippen LogP contribution in [0.1, 0.15) is 24.9 Å². The Balaban J connectivity index is 1.79. The first-order valence-electron chi connectivity index (χ1n) is 5.92. The van der Waals surface area contributed by atoms with Gasteiger partial charge in [-0.15, -0.1) is 0 Å². The number of carbonyl (C=O) groups is 1. The van der Waals surface area contributed by atoms with Crippen molar-refractivity contribution in [1.82, 2.24) is 9.55 Å². The van der Waals surface area contributed by atoms with E-state index in [0.29, 0.717) is 13.0 Å². The summed E-state index contributed by atoms with van der Waals surface area (Å²) in [5.74, 6) is -0.194. The minimum atomic E-state index is -0.194. The molecule has 18 heavy (non-hydrogen) atoms. The summed E-state index contributed by atoms with van der Waals surface area (Å²) in [7, 11) is 0. The van der Waals surface area contributed by atoms with Crippen molar-refractivity contribution in [3.8, 4) is 0 Å². The predicted octanol–water partition coefficient (Wildman–Crippen LogP) is 2.58. The molecule has 94 valence electrons. The van der Waals surface area contributed by atoms with Gasteiger partial charge in [-0.3, -0.25) is 4.79 Å². The van der Waals surface area contributed by atoms with E-state index in [9.17, 15) is 4.79 Å². The van der Waals surface area contributed by atoms with Crippen molar-refractivity contribution in [2.24, 2.45) is 0 Å². The third kappa shape index (κ3) is 3.45. The lowest BCUT2D eigenvalue weighted by Crippen LogP contribution is -2.12. The van der Waals surface area contributed by atoms with Gasteiger partial charge < -0.3 is 9.30 Å². The van der Waals surface area contributed by atoms with Gasteiger partial charge in [0.2, 0.25) is 0 Å². The molecule has 4 nitrogen and oxygen atoms in total. The van der Waals surface area contributed by atoms with Gasteiger partial charge >= 0.3 is 5.97 Å². The Hall–Kier alpha value is -2.10. The maximum absolute atomic E-state index is 11.7. The molecule has 0 aliphatic rings. The second-order valence-corrected chi connectivity index (χ2v) is 4.21. The maximum atomic E-state index is 11.7. The fourth-order valence-electron chi connectivity index (χ4n) is 1.67. The normalized spacial score (nSPS) is 12.1. The number of benzene rings is 1. The van der Waals surface area contributed by atoms with Gasteiger partial charge in [-0.1, -0.05) is 30.3 Å². The molecule has 0 fully saturated rings. The van der Waals surface area contributed by atoms with Gasteiger partial charge in [0, 0.05) is 18.4 Å². The van der Waals surface area contributed by atoms with Crippen molar-refractivity contribution in [3.63, 3.8) is 0 Å². The summed E-state index contributed by atoms with van der Waals surface area (Å²) in [5.41, 5.74) is 1.00. The number of carbonyl (C=O) groups excluding carboxylic acids is 1. The summed E-state index contributed by atoms with van der Waals surface area (Å²) in [6.45, 7) is 2.29. The van der Waals surface area contributed by atoms with Crippen molar-refractivity contribution in [3.05, 3.63) is 54.6 Å². The van der Waals surface area contributed by atoms with Crippen LogP contribution in [0, 0.1) is 0 Å². The predicted molar refractivity (Wildman–Crippen MR) is 67.8 cm³/mol. The Morgan fingerprint density at radius 3 is 2.83 bits per heavy atom. The van der Waals surface area contributed by atoms with Crippen LogP contribution in [0.5, 0.6) is 0 Å². The number of nitrogens with zero attached hydrogens (tertiary/aromatic N) is 2. The number of hydrogen-bond acceptors (Lipinski definition) is 3. The number of esters is 1. The monoisotopic (exact) mass is 244 g/mol. The fraction of sp³-hybridized carbons (Fsp3) is 0.286. The van der Waals surface area contributed by atoms with Crippen LogP contribution in [-0.4, -0.2) is 15.5 Å². The van der Waals surface area contributed by atoms with Crippen LogP contribution in [-0.2, 0) is 16.1 Å². The largest absolute Gasteiger partial charge is 0.461 e. The average Bonchev–Trinajstić information content (AvgIpc) is 2.91. The summed E-state index contributed by atoms with van der Waals surface area (Å²) < 4.78 is 7.12. The molecular formula is C14H16N2O2. The van der Waals surface area contributed by atoms with E-state index in [-0.39, 0.29) is 12.0 Å². The number of rotatable bonds is 5. The van der Waals surface area contributed by atoms with Crippen molar-refractivity contribution >= 4 is 5.97 Å². The quantitative estimate of drug-likeness (QED) is 0.759. The fourth-order valence-corrected chi connectivity index (χ4v) is 1.67. The van der Waals surface area contributed by atoms with Crippen LogP contribution >= 0.6 is 0 Å². The first kappa shape index (κ1) is 12.4. The summed E-state index contributed by atoms with van der Waals surface area (Å²) in [4.78, 5) is 15.6. The van der Waals surface area contributed by atoms with Gasteiger partial charge in [-0.05, 0) is 12.5 Å². The Kier molecular flexibility index (Phi) is 4.12. The minimum absolute atomic E-state index is 0.0655. The molecule has 1 heterocycles. The van der Waals surface area contributed by atoms with E-state index in [1.165, 1.54) is 0 Å². The van der Waals surface area contributed by atoms with E-state index in [1.807, 2.05) is 48.0 Å². The topological polar surface area (TPSA) is 44.1 Å². The van der Waals surface area contributed by atoms with E-state index in [1.54, 1.807) is 12.5 Å². The Morgan fingerprint density at radius 1 is 1.39 bits per heavy atom. The molecule has 2 rings (SSSR count). The molecule has 0 bridgehead atoms. The molecule has 0 N–H and O–H groups in total. The van der Waals surface area contributed by atoms with E-state index in [2.05, 4.69) is 4.98 Å². The standard InChI is InChI=1S/C14H16N2O2/c1-12(16-8-7-15-11-16)9-14(17)18-10-13-5-3-2-4-6-13/h2-8,11-12H,9-10H2,1H3/t12-/m0/s1. The smallest absolute Gasteiger partial charge is 0.308 e. The molecule has 1 aromatic carbocycles. The molecule has 0 amide bonds. The second-order valence-electron chi connectivity index (χ2n) is 4.21. The van der Waals surface area contributed by atoms with Gasteiger partial charge in [-0.2, -0.15) is 0 Å². The minimum Gasteiger partial charge on any atom is -0.461 e. The molecule has 0 aliphatic heterocycles. The highest BCUT2D eigenvalue weighted by Crippen LogP contribution is 2.11. The van der Waals surface area contributed by atoms with Crippen molar-refractivity contribution < 1.29 is 9.53 Å². The zero-order valence-electron chi connectivity index (χ0n) is 10.3. The summed E-state index contributed by atoms with van der Waals surface area (Å²) >= 11 is 0. The summed E-state index contributed by atoms with van der Waals surface area (Å²) in [5, 5.41) is 0. The van der Waals surface area contributed by atoms with Gasteiger partial charge in [0.05, 0.1) is 12.7 Å². The molecule has 1 atom stereocenters. The molecule has 0 aliphatic carbocycles. The van der Waals surface area contributed by atoms with E-state index in [4.69, 9.17) is 4.74 Å². The number of imidazole rings is 1. The number of hydrogen-bond donors (Lipinski definition) is 0. The van der Waals surface area contributed by atoms with Gasteiger partial charge in [0.15, 0.2) is 0 Å². The van der Waals surface area contributed by atoms with Gasteiger partial charge in [0.1, 0.15) is 6.61 Å². The summed E-state index contributed by atoms with van der Waals surface area (Å²) in [6, 6.07) is 9.73. The maximum Gasteiger partial charge on any atom is 0.308 e. The zero-order chi connectivity index (χ0) is 12.8. The highest BCUT2D eigenvalue weighted by Gasteiger charge is 2.11. The lowest BCUT2D eigenvalue weighted by molar-refractivity contribution is -0.145. The SMILES string of the molecule is C[C@@H](CC(=O)OCc1ccccc1)n1ccnc1. The zero-order valence-corrected chi connectivity index (χ0v) is 10.3. The molecule has 0 unspecified atom stereocenters. The highest BCUT2D eigenvalue weighted by atomic mass is 16.5. The van der Waals surface area contributed by atoms with Gasteiger partial charge in [-0.25, -0.2) is 4.98 Å². The van der Waals surface area contributed by atoms with E-state index >= 15 is 0 Å². The van der Waals surface area contributed by atoms with Crippen LogP contribution in [0.4, 0.5) is 0 Å². The molecule has 2 aromatic rings. The first-order valence-corrected chi connectivity index (χ1v) is 5.92. The molecule has 0 spiro atoms. The number of ether oxygens (including phenoxy) is 1. The number of aromatic nitrogens is 2. The van der Waals surface area contributed by atoms with Crippen molar-refractivity contribution in [2.75, 3.05) is 0 Å². The van der Waals surface area contributed by atoms with Crippen LogP contribution in [0.3, 0.4) is 0 Å². The third-order valence-electron chi connectivity index (χ3n) is 2.74. The van der Waals surface area contributed by atoms with E-state index in [0.717, 1.165) is 5.56 Å². The lowest BCUT2D eigenvalue weighted by Gasteiger charge is -2.12. The Morgan fingerprint density at radius 2 is 2.17 bits per heavy atom. The molecule has 1 aromatic heterocycles. The first-order chi connectivity index (χ1) is 8.75. The van der Waals surface area contributed by atoms with Crippen LogP contribution < -0.4 is 0 Å². The average molecular weight is 244 g/mol. The van der Waals surface area contributed by atoms with Crippen LogP contribution in [0.15, 0.2) is 49.1 Å². The van der Waals surface area contributed by atoms with Crippen molar-refractivity contribution in [2.45, 2.75) is 26.0 Å². The van der Waals surface area contributed by atoms with E-state index < -0.39 is 0 Å². The molecule has 0 radical (unpaired) electrons. The highest BCUT2D eigenvalue weighted by molar-refractivity contribution is 5.69. The van der Waals surface area contributed by atoms with Gasteiger partial charge in [0.25, 0.3) is 0 Å². The molecule has 0 saturated heterocycles. The third-order valence-corrected chi connectivity index (χ3v) is 2.74. The summed E-state index contributed by atoms with van der Waals surface area (Å²) in [6.07, 6.45) is 5.60. The van der Waals surface area contributed by atoms with Crippen molar-refractivity contribution in [1.29, 1.82) is 0 Å². The molecule has 4 heteroatoms. The lowest BCUT2D eigenvalue weighted by atomic mass is 10.2. The second kappa shape index (κ2) is 6.00. The molecular weight excluding hydrogens is 228 g/mol. The Labute approximate surface area is 106 Å². The molecule has 0 saturated carbocycles. The van der Waals surface area contributed by atoms with Crippen LogP contribution in [0.25, 0.3) is 0 Å². The van der Waals surface area contributed by atoms with Crippen LogP contribution in [0.2, 0.25) is 0 Å².